The van der Waals surface area contributed by atoms with E-state index in [2.05, 4.69) is 26.0 Å². The van der Waals surface area contributed by atoms with Gasteiger partial charge in [-0.05, 0) is 35.0 Å². The quantitative estimate of drug-likeness (QED) is 0.781. The standard InChI is InChI=1S/C14H14BrF3N4O/c1-2-21(12(23)5-6-14(16,17)18)11-9-22(20-13(11)15)10-4-3-7-19-8-10/h3-4,7-9H,2,5-6H2,1H3. The fraction of sp³-hybridized carbons (Fsp3) is 0.357. The molecule has 0 radical (unpaired) electrons. The van der Waals surface area contributed by atoms with E-state index in [1.807, 2.05) is 0 Å². The van der Waals surface area contributed by atoms with Crippen molar-refractivity contribution in [2.24, 2.45) is 0 Å². The molecule has 2 aromatic heterocycles. The van der Waals surface area contributed by atoms with Gasteiger partial charge in [-0.2, -0.15) is 18.3 Å². The average molecular weight is 391 g/mol. The number of hydrogen-bond donors (Lipinski definition) is 0. The SMILES string of the molecule is CCN(C(=O)CCC(F)(F)F)c1cn(-c2cccnc2)nc1Br. The molecule has 124 valence electrons. The minimum absolute atomic E-state index is 0.244. The Balaban J connectivity index is 2.21. The number of carbonyl (C=O) groups is 1. The molecule has 0 atom stereocenters. The number of amides is 1. The van der Waals surface area contributed by atoms with E-state index < -0.39 is 24.9 Å². The Hall–Kier alpha value is -1.90. The molecule has 0 aromatic carbocycles. The fourth-order valence-corrected chi connectivity index (χ4v) is 2.50. The van der Waals surface area contributed by atoms with Gasteiger partial charge in [0.25, 0.3) is 0 Å². The number of alkyl halides is 3. The zero-order chi connectivity index (χ0) is 17.0. The largest absolute Gasteiger partial charge is 0.389 e. The van der Waals surface area contributed by atoms with Gasteiger partial charge in [-0.15, -0.1) is 0 Å². The third kappa shape index (κ3) is 4.54. The third-order valence-electron chi connectivity index (χ3n) is 3.09. The summed E-state index contributed by atoms with van der Waals surface area (Å²) in [5.41, 5.74) is 1.10. The highest BCUT2D eigenvalue weighted by Crippen LogP contribution is 2.28. The van der Waals surface area contributed by atoms with Gasteiger partial charge >= 0.3 is 6.18 Å². The van der Waals surface area contributed by atoms with Gasteiger partial charge in [0, 0.05) is 19.2 Å². The van der Waals surface area contributed by atoms with Crippen molar-refractivity contribution in [1.82, 2.24) is 14.8 Å². The highest BCUT2D eigenvalue weighted by Gasteiger charge is 2.30. The smallest absolute Gasteiger partial charge is 0.309 e. The van der Waals surface area contributed by atoms with Crippen LogP contribution in [0.15, 0.2) is 35.3 Å². The second-order valence-electron chi connectivity index (χ2n) is 4.71. The Morgan fingerprint density at radius 3 is 2.74 bits per heavy atom. The van der Waals surface area contributed by atoms with E-state index in [-0.39, 0.29) is 6.54 Å². The topological polar surface area (TPSA) is 51.0 Å². The molecular weight excluding hydrogens is 377 g/mol. The lowest BCUT2D eigenvalue weighted by Gasteiger charge is -2.20. The van der Waals surface area contributed by atoms with Crippen LogP contribution in [0.5, 0.6) is 0 Å². The van der Waals surface area contributed by atoms with Crippen LogP contribution in [0.25, 0.3) is 5.69 Å². The Labute approximate surface area is 139 Å². The van der Waals surface area contributed by atoms with Crippen molar-refractivity contribution < 1.29 is 18.0 Å². The molecule has 0 N–H and O–H groups in total. The number of carbonyl (C=O) groups excluding carboxylic acids is 1. The molecule has 2 rings (SSSR count). The van der Waals surface area contributed by atoms with Crippen LogP contribution >= 0.6 is 15.9 Å². The van der Waals surface area contributed by atoms with Crippen LogP contribution in [-0.2, 0) is 4.79 Å². The summed E-state index contributed by atoms with van der Waals surface area (Å²) in [6.45, 7) is 1.94. The van der Waals surface area contributed by atoms with Crippen LogP contribution < -0.4 is 4.90 Å². The first-order chi connectivity index (χ1) is 10.8. The molecule has 0 fully saturated rings. The number of nitrogens with zero attached hydrogens (tertiary/aromatic N) is 4. The summed E-state index contributed by atoms with van der Waals surface area (Å²) in [5, 5.41) is 4.22. The average Bonchev–Trinajstić information content (AvgIpc) is 2.88. The first kappa shape index (κ1) is 17.5. The van der Waals surface area contributed by atoms with E-state index in [4.69, 9.17) is 0 Å². The van der Waals surface area contributed by atoms with E-state index in [1.165, 1.54) is 9.58 Å². The van der Waals surface area contributed by atoms with Crippen LogP contribution in [0.3, 0.4) is 0 Å². The molecule has 9 heteroatoms. The fourth-order valence-electron chi connectivity index (χ4n) is 2.01. The minimum atomic E-state index is -4.35. The first-order valence-electron chi connectivity index (χ1n) is 6.84. The van der Waals surface area contributed by atoms with E-state index >= 15 is 0 Å². The van der Waals surface area contributed by atoms with Crippen LogP contribution in [0.4, 0.5) is 18.9 Å². The summed E-state index contributed by atoms with van der Waals surface area (Å²) in [7, 11) is 0. The Morgan fingerprint density at radius 1 is 1.43 bits per heavy atom. The predicted molar refractivity (Wildman–Crippen MR) is 82.4 cm³/mol. The first-order valence-corrected chi connectivity index (χ1v) is 7.64. The van der Waals surface area contributed by atoms with E-state index in [9.17, 15) is 18.0 Å². The molecule has 0 spiro atoms. The second-order valence-corrected chi connectivity index (χ2v) is 5.47. The maximum absolute atomic E-state index is 12.3. The zero-order valence-corrected chi connectivity index (χ0v) is 13.8. The summed E-state index contributed by atoms with van der Waals surface area (Å²) in [6.07, 6.45) is -1.31. The van der Waals surface area contributed by atoms with Crippen molar-refractivity contribution in [3.63, 3.8) is 0 Å². The molecule has 23 heavy (non-hydrogen) atoms. The van der Waals surface area contributed by atoms with Crippen molar-refractivity contribution in [2.75, 3.05) is 11.4 Å². The molecule has 0 unspecified atom stereocenters. The van der Waals surface area contributed by atoms with Gasteiger partial charge in [0.05, 0.1) is 30.2 Å². The molecule has 2 heterocycles. The van der Waals surface area contributed by atoms with Crippen molar-refractivity contribution in [3.05, 3.63) is 35.3 Å². The van der Waals surface area contributed by atoms with Crippen LogP contribution in [0.1, 0.15) is 19.8 Å². The maximum Gasteiger partial charge on any atom is 0.389 e. The minimum Gasteiger partial charge on any atom is -0.309 e. The lowest BCUT2D eigenvalue weighted by Crippen LogP contribution is -2.31. The number of anilines is 1. The number of aromatic nitrogens is 3. The van der Waals surface area contributed by atoms with E-state index in [0.29, 0.717) is 16.0 Å². The number of halogens is 4. The summed E-state index contributed by atoms with van der Waals surface area (Å²) in [4.78, 5) is 17.3. The van der Waals surface area contributed by atoms with Crippen LogP contribution in [-0.4, -0.2) is 33.4 Å². The van der Waals surface area contributed by atoms with Gasteiger partial charge in [-0.3, -0.25) is 9.78 Å². The van der Waals surface area contributed by atoms with Crippen molar-refractivity contribution in [1.29, 1.82) is 0 Å². The molecule has 0 saturated heterocycles. The van der Waals surface area contributed by atoms with E-state index in [0.717, 1.165) is 0 Å². The van der Waals surface area contributed by atoms with E-state index in [1.54, 1.807) is 37.6 Å². The van der Waals surface area contributed by atoms with Gasteiger partial charge < -0.3 is 4.90 Å². The molecule has 0 aliphatic carbocycles. The van der Waals surface area contributed by atoms with Crippen molar-refractivity contribution in [2.45, 2.75) is 25.9 Å². The molecule has 1 amide bonds. The van der Waals surface area contributed by atoms with Crippen LogP contribution in [0.2, 0.25) is 0 Å². The Bertz CT molecular complexity index is 672. The number of hydrogen-bond acceptors (Lipinski definition) is 3. The molecule has 0 saturated carbocycles. The lowest BCUT2D eigenvalue weighted by atomic mass is 10.2. The summed E-state index contributed by atoms with van der Waals surface area (Å²) in [6, 6.07) is 3.51. The number of pyridine rings is 1. The summed E-state index contributed by atoms with van der Waals surface area (Å²) >= 11 is 3.25. The zero-order valence-electron chi connectivity index (χ0n) is 12.2. The summed E-state index contributed by atoms with van der Waals surface area (Å²) < 4.78 is 38.7. The second kappa shape index (κ2) is 7.12. The summed E-state index contributed by atoms with van der Waals surface area (Å²) in [5.74, 6) is -0.601. The predicted octanol–water partition coefficient (Wildman–Crippen LogP) is 3.73. The highest BCUT2D eigenvalue weighted by molar-refractivity contribution is 9.10. The molecule has 2 aromatic rings. The van der Waals surface area contributed by atoms with Crippen LogP contribution in [0, 0.1) is 0 Å². The van der Waals surface area contributed by atoms with Gasteiger partial charge in [-0.25, -0.2) is 4.68 Å². The Kier molecular flexibility index (Phi) is 5.40. The van der Waals surface area contributed by atoms with Gasteiger partial charge in [-0.1, -0.05) is 0 Å². The van der Waals surface area contributed by atoms with Gasteiger partial charge in [0.15, 0.2) is 4.60 Å². The normalized spacial score (nSPS) is 11.5. The molecule has 0 aliphatic heterocycles. The van der Waals surface area contributed by atoms with Crippen molar-refractivity contribution in [3.8, 4) is 5.69 Å². The molecule has 0 bridgehead atoms. The molecule has 5 nitrogen and oxygen atoms in total. The van der Waals surface area contributed by atoms with Crippen molar-refractivity contribution >= 4 is 27.5 Å². The Morgan fingerprint density at radius 2 is 2.17 bits per heavy atom. The number of rotatable bonds is 5. The third-order valence-corrected chi connectivity index (χ3v) is 3.66. The van der Waals surface area contributed by atoms with Gasteiger partial charge in [0.1, 0.15) is 0 Å². The maximum atomic E-state index is 12.3. The monoisotopic (exact) mass is 390 g/mol. The highest BCUT2D eigenvalue weighted by atomic mass is 79.9. The molecular formula is C14H14BrF3N4O. The van der Waals surface area contributed by atoms with Gasteiger partial charge in [0.2, 0.25) is 5.91 Å². The lowest BCUT2D eigenvalue weighted by molar-refractivity contribution is -0.143. The molecule has 0 aliphatic rings.